The molecular weight excluding hydrogens is 320 g/mol. The number of hydrogen-bond donors (Lipinski definition) is 1. The molecule has 2 unspecified atom stereocenters. The first-order chi connectivity index (χ1) is 12.0. The number of anilines is 1. The lowest BCUT2D eigenvalue weighted by atomic mass is 9.82. The zero-order valence-electron chi connectivity index (χ0n) is 15.1. The first-order valence-electron chi connectivity index (χ1n) is 8.53. The third-order valence-electron chi connectivity index (χ3n) is 4.58. The topological polar surface area (TPSA) is 78.3 Å². The van der Waals surface area contributed by atoms with Gasteiger partial charge in [0, 0.05) is 12.3 Å². The van der Waals surface area contributed by atoms with E-state index in [9.17, 15) is 4.79 Å². The quantitative estimate of drug-likeness (QED) is 0.922. The maximum Gasteiger partial charge on any atom is 0.414 e. The molecule has 1 aromatic carbocycles. The first kappa shape index (κ1) is 17.3. The van der Waals surface area contributed by atoms with Crippen molar-refractivity contribution in [2.75, 3.05) is 19.0 Å². The van der Waals surface area contributed by atoms with Gasteiger partial charge in [0.2, 0.25) is 0 Å². The second kappa shape index (κ2) is 7.13. The summed E-state index contributed by atoms with van der Waals surface area (Å²) in [5.74, 6) is 2.73. The second-order valence-electron chi connectivity index (χ2n) is 6.41. The summed E-state index contributed by atoms with van der Waals surface area (Å²) in [4.78, 5) is 16.0. The molecule has 0 saturated heterocycles. The van der Waals surface area contributed by atoms with Crippen LogP contribution in [0.3, 0.4) is 0 Å². The Bertz CT molecular complexity index is 772. The smallest absolute Gasteiger partial charge is 0.414 e. The van der Waals surface area contributed by atoms with Crippen LogP contribution in [0, 0.1) is 12.8 Å². The minimum Gasteiger partial charge on any atom is -0.496 e. The molecule has 0 spiro atoms. The van der Waals surface area contributed by atoms with Gasteiger partial charge in [0.15, 0.2) is 0 Å². The summed E-state index contributed by atoms with van der Waals surface area (Å²) in [6, 6.07) is 6.25. The summed E-state index contributed by atoms with van der Waals surface area (Å²) in [7, 11) is 1.70. The Hall–Kier alpha value is -2.57. The molecule has 2 aromatic rings. The monoisotopic (exact) mass is 344 g/mol. The standard InChI is InChI=1S/C18H24N4O3/c1-5-25-18(23)20-17-19-16-9-12(3)14(10-22(16)21-17)13-8-11(2)6-7-15(13)24-4/h6-8,12,14H,5,9-10H2,1-4H3,(H,20,21,23). The van der Waals surface area contributed by atoms with E-state index in [2.05, 4.69) is 41.4 Å². The van der Waals surface area contributed by atoms with Crippen LogP contribution >= 0.6 is 0 Å². The molecule has 0 aliphatic carbocycles. The number of ether oxygens (including phenoxy) is 2. The molecule has 25 heavy (non-hydrogen) atoms. The zero-order valence-corrected chi connectivity index (χ0v) is 15.1. The molecule has 1 amide bonds. The number of aryl methyl sites for hydroxylation is 1. The highest BCUT2D eigenvalue weighted by atomic mass is 16.5. The normalized spacial score (nSPS) is 19.2. The number of amides is 1. The van der Waals surface area contributed by atoms with E-state index in [-0.39, 0.29) is 11.9 Å². The Morgan fingerprint density at radius 2 is 2.24 bits per heavy atom. The van der Waals surface area contributed by atoms with Gasteiger partial charge in [0.05, 0.1) is 20.3 Å². The molecule has 7 nitrogen and oxygen atoms in total. The molecule has 1 aromatic heterocycles. The average Bonchev–Trinajstić information content (AvgIpc) is 2.95. The van der Waals surface area contributed by atoms with Crippen molar-refractivity contribution in [2.24, 2.45) is 5.92 Å². The fourth-order valence-electron chi connectivity index (χ4n) is 3.33. The maximum absolute atomic E-state index is 11.6. The van der Waals surface area contributed by atoms with E-state index in [1.54, 1.807) is 14.0 Å². The highest BCUT2D eigenvalue weighted by molar-refractivity contribution is 5.82. The molecule has 3 rings (SSSR count). The van der Waals surface area contributed by atoms with E-state index in [1.807, 2.05) is 10.7 Å². The van der Waals surface area contributed by atoms with Gasteiger partial charge in [0.1, 0.15) is 11.6 Å². The summed E-state index contributed by atoms with van der Waals surface area (Å²) in [5, 5.41) is 6.99. The number of carbonyl (C=O) groups is 1. The highest BCUT2D eigenvalue weighted by Crippen LogP contribution is 2.38. The van der Waals surface area contributed by atoms with Crippen molar-refractivity contribution in [2.45, 2.75) is 39.7 Å². The fourth-order valence-corrected chi connectivity index (χ4v) is 3.33. The van der Waals surface area contributed by atoms with Gasteiger partial charge in [-0.2, -0.15) is 4.98 Å². The summed E-state index contributed by atoms with van der Waals surface area (Å²) >= 11 is 0. The molecule has 0 bridgehead atoms. The lowest BCUT2D eigenvalue weighted by molar-refractivity contribution is 0.167. The van der Waals surface area contributed by atoms with Crippen molar-refractivity contribution in [3.05, 3.63) is 35.2 Å². The van der Waals surface area contributed by atoms with Crippen LogP contribution in [-0.4, -0.2) is 34.6 Å². The van der Waals surface area contributed by atoms with Gasteiger partial charge in [-0.05, 0) is 31.4 Å². The predicted molar refractivity (Wildman–Crippen MR) is 94.0 cm³/mol. The van der Waals surface area contributed by atoms with Crippen molar-refractivity contribution in [3.63, 3.8) is 0 Å². The van der Waals surface area contributed by atoms with E-state index >= 15 is 0 Å². The Morgan fingerprint density at radius 1 is 1.44 bits per heavy atom. The average molecular weight is 344 g/mol. The van der Waals surface area contributed by atoms with E-state index in [0.29, 0.717) is 19.1 Å². The zero-order chi connectivity index (χ0) is 18.0. The van der Waals surface area contributed by atoms with Crippen LogP contribution in [0.25, 0.3) is 0 Å². The van der Waals surface area contributed by atoms with Crippen LogP contribution in [0.1, 0.15) is 36.7 Å². The van der Waals surface area contributed by atoms with Gasteiger partial charge in [-0.3, -0.25) is 5.32 Å². The molecule has 134 valence electrons. The number of aromatic nitrogens is 3. The third-order valence-corrected chi connectivity index (χ3v) is 4.58. The largest absolute Gasteiger partial charge is 0.496 e. The van der Waals surface area contributed by atoms with Crippen molar-refractivity contribution in [1.29, 1.82) is 0 Å². The molecule has 2 heterocycles. The Kier molecular flexibility index (Phi) is 4.92. The molecular formula is C18H24N4O3. The van der Waals surface area contributed by atoms with Gasteiger partial charge < -0.3 is 9.47 Å². The predicted octanol–water partition coefficient (Wildman–Crippen LogP) is 3.14. The fraction of sp³-hybridized carbons (Fsp3) is 0.500. The van der Waals surface area contributed by atoms with Crippen LogP contribution in [0.15, 0.2) is 18.2 Å². The minimum atomic E-state index is -0.532. The highest BCUT2D eigenvalue weighted by Gasteiger charge is 2.31. The minimum absolute atomic E-state index is 0.277. The number of fused-ring (bicyclic) bond motifs is 1. The second-order valence-corrected chi connectivity index (χ2v) is 6.41. The Labute approximate surface area is 147 Å². The van der Waals surface area contributed by atoms with Crippen LogP contribution in [-0.2, 0) is 17.7 Å². The van der Waals surface area contributed by atoms with E-state index in [4.69, 9.17) is 9.47 Å². The van der Waals surface area contributed by atoms with Gasteiger partial charge >= 0.3 is 6.09 Å². The molecule has 1 aliphatic heterocycles. The van der Waals surface area contributed by atoms with Crippen LogP contribution in [0.2, 0.25) is 0 Å². The number of nitrogens with zero attached hydrogens (tertiary/aromatic N) is 3. The van der Waals surface area contributed by atoms with Crippen LogP contribution < -0.4 is 10.1 Å². The number of carbonyl (C=O) groups excluding carboxylic acids is 1. The van der Waals surface area contributed by atoms with Gasteiger partial charge in [0.25, 0.3) is 5.95 Å². The van der Waals surface area contributed by atoms with E-state index in [0.717, 1.165) is 18.0 Å². The number of benzene rings is 1. The van der Waals surface area contributed by atoms with Gasteiger partial charge in [-0.1, -0.05) is 24.6 Å². The van der Waals surface area contributed by atoms with Crippen LogP contribution in [0.4, 0.5) is 10.7 Å². The molecule has 2 atom stereocenters. The van der Waals surface area contributed by atoms with E-state index in [1.165, 1.54) is 11.1 Å². The number of nitrogens with one attached hydrogen (secondary N) is 1. The molecule has 0 fully saturated rings. The molecule has 1 aliphatic rings. The third kappa shape index (κ3) is 3.60. The number of methoxy groups -OCH3 is 1. The lowest BCUT2D eigenvalue weighted by Gasteiger charge is -2.30. The number of hydrogen-bond acceptors (Lipinski definition) is 5. The van der Waals surface area contributed by atoms with Crippen molar-refractivity contribution in [3.8, 4) is 5.75 Å². The van der Waals surface area contributed by atoms with E-state index < -0.39 is 6.09 Å². The van der Waals surface area contributed by atoms with Crippen molar-refractivity contribution in [1.82, 2.24) is 14.8 Å². The van der Waals surface area contributed by atoms with Crippen LogP contribution in [0.5, 0.6) is 5.75 Å². The Balaban J connectivity index is 1.85. The summed E-state index contributed by atoms with van der Waals surface area (Å²) in [6.45, 7) is 7.06. The molecule has 1 N–H and O–H groups in total. The summed E-state index contributed by atoms with van der Waals surface area (Å²) in [5.41, 5.74) is 2.40. The Morgan fingerprint density at radius 3 is 2.96 bits per heavy atom. The first-order valence-corrected chi connectivity index (χ1v) is 8.53. The maximum atomic E-state index is 11.6. The van der Waals surface area contributed by atoms with Gasteiger partial charge in [-0.25, -0.2) is 9.48 Å². The lowest BCUT2D eigenvalue weighted by Crippen LogP contribution is -2.27. The van der Waals surface area contributed by atoms with Gasteiger partial charge in [-0.15, -0.1) is 5.10 Å². The molecule has 7 heteroatoms. The van der Waals surface area contributed by atoms with Crippen molar-refractivity contribution >= 4 is 12.0 Å². The number of rotatable bonds is 4. The molecule has 0 saturated carbocycles. The summed E-state index contributed by atoms with van der Waals surface area (Å²) in [6.07, 6.45) is 0.259. The van der Waals surface area contributed by atoms with Crippen molar-refractivity contribution < 1.29 is 14.3 Å². The summed E-state index contributed by atoms with van der Waals surface area (Å²) < 4.78 is 12.3. The molecule has 0 radical (unpaired) electrons. The SMILES string of the molecule is CCOC(=O)Nc1nc2n(n1)CC(c1cc(C)ccc1OC)C(C)C2.